The third-order valence-corrected chi connectivity index (χ3v) is 3.26. The van der Waals surface area contributed by atoms with Crippen molar-refractivity contribution >= 4 is 26.4 Å². The van der Waals surface area contributed by atoms with E-state index in [1.165, 1.54) is 0 Å². The van der Waals surface area contributed by atoms with Crippen LogP contribution in [0.3, 0.4) is 0 Å². The van der Waals surface area contributed by atoms with Gasteiger partial charge in [0, 0.05) is 0 Å². The Hall–Kier alpha value is -1.57. The molecule has 0 aliphatic rings. The van der Waals surface area contributed by atoms with Crippen LogP contribution >= 0.6 is 0 Å². The van der Waals surface area contributed by atoms with Crippen molar-refractivity contribution in [3.8, 4) is 0 Å². The van der Waals surface area contributed by atoms with E-state index in [1.807, 2.05) is 54.6 Å². The van der Waals surface area contributed by atoms with Crippen LogP contribution in [0.1, 0.15) is 15.9 Å². The van der Waals surface area contributed by atoms with E-state index in [0.717, 1.165) is 10.0 Å². The van der Waals surface area contributed by atoms with Crippen LogP contribution in [0.2, 0.25) is 0 Å². The van der Waals surface area contributed by atoms with Crippen LogP contribution < -0.4 is 9.78 Å². The van der Waals surface area contributed by atoms with Crippen molar-refractivity contribution in [2.24, 2.45) is 0 Å². The summed E-state index contributed by atoms with van der Waals surface area (Å²) in [7, 11) is 0. The first-order valence-electron chi connectivity index (χ1n) is 5.37. The standard InChI is InChI=1S/C14H13NOSe/c16-14(12-8-4-5-9-13(12)17)15-10-11-6-2-1-3-7-11/h1-9,17H,10H2,(H,15,16). The Balaban J connectivity index is 2.01. The molecule has 0 spiro atoms. The van der Waals surface area contributed by atoms with Crippen molar-refractivity contribution in [2.75, 3.05) is 0 Å². The first-order valence-corrected chi connectivity index (χ1v) is 6.31. The number of amides is 1. The number of nitrogens with one attached hydrogen (secondary N) is 1. The third-order valence-electron chi connectivity index (χ3n) is 2.44. The van der Waals surface area contributed by atoms with Gasteiger partial charge in [-0.2, -0.15) is 0 Å². The maximum atomic E-state index is 11.9. The molecule has 0 saturated carbocycles. The SMILES string of the molecule is O=C(NCc1ccccc1)c1ccccc1[SeH]. The molecule has 0 atom stereocenters. The number of rotatable bonds is 3. The zero-order valence-electron chi connectivity index (χ0n) is 9.26. The fourth-order valence-corrected chi connectivity index (χ4v) is 2.09. The predicted octanol–water partition coefficient (Wildman–Crippen LogP) is 1.14. The molecule has 0 heterocycles. The van der Waals surface area contributed by atoms with Gasteiger partial charge in [0.2, 0.25) is 0 Å². The van der Waals surface area contributed by atoms with E-state index in [2.05, 4.69) is 21.3 Å². The van der Waals surface area contributed by atoms with E-state index < -0.39 is 0 Å². The van der Waals surface area contributed by atoms with Crippen LogP contribution in [0.15, 0.2) is 54.6 Å². The third kappa shape index (κ3) is 3.19. The molecule has 0 saturated heterocycles. The second-order valence-electron chi connectivity index (χ2n) is 3.69. The molecule has 0 unspecified atom stereocenters. The zero-order valence-corrected chi connectivity index (χ0v) is 11.1. The molecule has 0 fully saturated rings. The Kier molecular flexibility index (Phi) is 3.97. The minimum absolute atomic E-state index is 0.0370. The summed E-state index contributed by atoms with van der Waals surface area (Å²) in [4.78, 5) is 11.9. The minimum atomic E-state index is -0.0370. The van der Waals surface area contributed by atoms with Crippen LogP contribution in [0.4, 0.5) is 0 Å². The van der Waals surface area contributed by atoms with Gasteiger partial charge in [0.1, 0.15) is 0 Å². The van der Waals surface area contributed by atoms with Gasteiger partial charge in [-0.3, -0.25) is 0 Å². The Labute approximate surface area is 109 Å². The number of carbonyl (C=O) groups excluding carboxylic acids is 1. The van der Waals surface area contributed by atoms with Gasteiger partial charge in [0.05, 0.1) is 0 Å². The zero-order chi connectivity index (χ0) is 12.1. The van der Waals surface area contributed by atoms with Crippen molar-refractivity contribution in [3.63, 3.8) is 0 Å². The summed E-state index contributed by atoms with van der Waals surface area (Å²) < 4.78 is 0.936. The van der Waals surface area contributed by atoms with Crippen molar-refractivity contribution < 1.29 is 4.79 Å². The van der Waals surface area contributed by atoms with Crippen LogP contribution in [0, 0.1) is 0 Å². The fourth-order valence-electron chi connectivity index (χ4n) is 1.54. The van der Waals surface area contributed by atoms with E-state index >= 15 is 0 Å². The van der Waals surface area contributed by atoms with Gasteiger partial charge < -0.3 is 0 Å². The molecule has 0 aromatic heterocycles. The average molecular weight is 290 g/mol. The quantitative estimate of drug-likeness (QED) is 0.844. The molecule has 3 heteroatoms. The summed E-state index contributed by atoms with van der Waals surface area (Å²) in [5.74, 6) is -0.0370. The molecule has 0 bridgehead atoms. The molecular weight excluding hydrogens is 277 g/mol. The summed E-state index contributed by atoms with van der Waals surface area (Å²) in [5.41, 5.74) is 1.81. The van der Waals surface area contributed by atoms with Gasteiger partial charge in [0.15, 0.2) is 0 Å². The Morgan fingerprint density at radius 1 is 1.00 bits per heavy atom. The van der Waals surface area contributed by atoms with Gasteiger partial charge in [-0.05, 0) is 0 Å². The number of benzene rings is 2. The van der Waals surface area contributed by atoms with Crippen molar-refractivity contribution in [3.05, 3.63) is 65.7 Å². The summed E-state index contributed by atoms with van der Waals surface area (Å²) in [6, 6.07) is 17.4. The molecule has 2 aromatic carbocycles. The van der Waals surface area contributed by atoms with E-state index in [9.17, 15) is 4.79 Å². The van der Waals surface area contributed by atoms with Gasteiger partial charge in [0.25, 0.3) is 0 Å². The molecule has 2 aromatic rings. The van der Waals surface area contributed by atoms with E-state index in [4.69, 9.17) is 0 Å². The molecular formula is C14H13NOSe. The van der Waals surface area contributed by atoms with Gasteiger partial charge in [-0.15, -0.1) is 0 Å². The van der Waals surface area contributed by atoms with Gasteiger partial charge in [-0.25, -0.2) is 0 Å². The van der Waals surface area contributed by atoms with E-state index in [1.54, 1.807) is 0 Å². The molecule has 2 rings (SSSR count). The summed E-state index contributed by atoms with van der Waals surface area (Å²) in [6.45, 7) is 0.557. The second kappa shape index (κ2) is 5.67. The second-order valence-corrected chi connectivity index (χ2v) is 4.70. The molecule has 0 aliphatic heterocycles. The molecule has 0 radical (unpaired) electrons. The van der Waals surface area contributed by atoms with Crippen LogP contribution in [0.5, 0.6) is 0 Å². The number of carbonyl (C=O) groups is 1. The summed E-state index contributed by atoms with van der Waals surface area (Å²) >= 11 is 2.42. The Bertz CT molecular complexity index is 511. The first kappa shape index (κ1) is 11.9. The van der Waals surface area contributed by atoms with E-state index in [-0.39, 0.29) is 5.91 Å². The van der Waals surface area contributed by atoms with Gasteiger partial charge in [-0.1, -0.05) is 0 Å². The number of hydrogen-bond acceptors (Lipinski definition) is 1. The Morgan fingerprint density at radius 3 is 2.35 bits per heavy atom. The normalized spacial score (nSPS) is 9.94. The monoisotopic (exact) mass is 291 g/mol. The predicted molar refractivity (Wildman–Crippen MR) is 70.8 cm³/mol. The molecule has 17 heavy (non-hydrogen) atoms. The van der Waals surface area contributed by atoms with Crippen LogP contribution in [0.25, 0.3) is 0 Å². The van der Waals surface area contributed by atoms with Gasteiger partial charge >= 0.3 is 109 Å². The maximum absolute atomic E-state index is 11.9. The summed E-state index contributed by atoms with van der Waals surface area (Å²) in [6.07, 6.45) is 0. The van der Waals surface area contributed by atoms with Crippen LogP contribution in [-0.2, 0) is 6.54 Å². The molecule has 2 nitrogen and oxygen atoms in total. The van der Waals surface area contributed by atoms with Crippen LogP contribution in [-0.4, -0.2) is 21.9 Å². The van der Waals surface area contributed by atoms with E-state index in [0.29, 0.717) is 12.1 Å². The topological polar surface area (TPSA) is 29.1 Å². The fraction of sp³-hybridized carbons (Fsp3) is 0.0714. The molecule has 1 N–H and O–H groups in total. The molecule has 0 aliphatic carbocycles. The number of hydrogen-bond donors (Lipinski definition) is 1. The summed E-state index contributed by atoms with van der Waals surface area (Å²) in [5, 5.41) is 2.91. The first-order chi connectivity index (χ1) is 8.27. The van der Waals surface area contributed by atoms with Crippen molar-refractivity contribution in [2.45, 2.75) is 6.54 Å². The van der Waals surface area contributed by atoms with Crippen molar-refractivity contribution in [1.82, 2.24) is 5.32 Å². The van der Waals surface area contributed by atoms with Crippen molar-refractivity contribution in [1.29, 1.82) is 0 Å². The molecule has 1 amide bonds. The average Bonchev–Trinajstić information content (AvgIpc) is 2.38. The Morgan fingerprint density at radius 2 is 1.65 bits per heavy atom. The molecule has 86 valence electrons.